The summed E-state index contributed by atoms with van der Waals surface area (Å²) in [6, 6.07) is 12.4. The van der Waals surface area contributed by atoms with Crippen LogP contribution in [0, 0.1) is 22.7 Å². The molecule has 0 fully saturated rings. The molecule has 0 amide bonds. The Labute approximate surface area is 131 Å². The zero-order valence-corrected chi connectivity index (χ0v) is 11.8. The summed E-state index contributed by atoms with van der Waals surface area (Å²) < 4.78 is 0. The second-order valence-corrected chi connectivity index (χ2v) is 4.77. The van der Waals surface area contributed by atoms with Crippen molar-refractivity contribution < 1.29 is 19.8 Å². The number of hydrogen-bond acceptors (Lipinski definition) is 4. The fourth-order valence-corrected chi connectivity index (χ4v) is 2.23. The Morgan fingerprint density at radius 2 is 1.57 bits per heavy atom. The zero-order valence-electron chi connectivity index (χ0n) is 11.8. The summed E-state index contributed by atoms with van der Waals surface area (Å²) >= 11 is 0. The highest BCUT2D eigenvalue weighted by molar-refractivity contribution is 5.94. The molecule has 0 aliphatic rings. The van der Waals surface area contributed by atoms with E-state index < -0.39 is 11.9 Å². The van der Waals surface area contributed by atoms with E-state index in [1.807, 2.05) is 12.1 Å². The number of nitriles is 2. The van der Waals surface area contributed by atoms with Gasteiger partial charge in [-0.15, -0.1) is 0 Å². The van der Waals surface area contributed by atoms with E-state index in [0.717, 1.165) is 6.07 Å². The molecule has 2 N–H and O–H groups in total. The third-order valence-electron chi connectivity index (χ3n) is 3.26. The van der Waals surface area contributed by atoms with Gasteiger partial charge in [-0.25, -0.2) is 9.59 Å². The van der Waals surface area contributed by atoms with E-state index in [2.05, 4.69) is 0 Å². The Bertz CT molecular complexity index is 856. The van der Waals surface area contributed by atoms with Crippen molar-refractivity contribution in [1.82, 2.24) is 0 Å². The molecule has 0 saturated carbocycles. The predicted octanol–water partition coefficient (Wildman–Crippen LogP) is 2.42. The van der Waals surface area contributed by atoms with Crippen LogP contribution in [0.2, 0.25) is 0 Å². The van der Waals surface area contributed by atoms with Crippen LogP contribution in [0.3, 0.4) is 0 Å². The van der Waals surface area contributed by atoms with Crippen molar-refractivity contribution in [2.24, 2.45) is 0 Å². The van der Waals surface area contributed by atoms with Crippen molar-refractivity contribution in [1.29, 1.82) is 10.5 Å². The molecule has 0 radical (unpaired) electrons. The maximum absolute atomic E-state index is 11.1. The molecule has 6 heteroatoms. The number of aromatic carboxylic acids is 2. The van der Waals surface area contributed by atoms with Gasteiger partial charge in [0, 0.05) is 0 Å². The molecule has 0 saturated heterocycles. The van der Waals surface area contributed by atoms with Gasteiger partial charge in [-0.1, -0.05) is 12.1 Å². The maximum atomic E-state index is 11.1. The van der Waals surface area contributed by atoms with Crippen LogP contribution in [0.5, 0.6) is 0 Å². The quantitative estimate of drug-likeness (QED) is 0.894. The van der Waals surface area contributed by atoms with E-state index in [0.29, 0.717) is 11.1 Å². The van der Waals surface area contributed by atoms with E-state index in [4.69, 9.17) is 15.5 Å². The lowest BCUT2D eigenvalue weighted by Gasteiger charge is -2.08. The van der Waals surface area contributed by atoms with Crippen LogP contribution in [-0.4, -0.2) is 22.2 Å². The Morgan fingerprint density at radius 3 is 2.04 bits per heavy atom. The molecule has 2 aromatic carbocycles. The molecule has 0 bridgehead atoms. The van der Waals surface area contributed by atoms with Gasteiger partial charge in [0.1, 0.15) is 12.1 Å². The van der Waals surface area contributed by atoms with Crippen LogP contribution in [0.1, 0.15) is 43.0 Å². The standard InChI is InChI=1S/C17H10N2O4/c18-8-12-3-1-2-11(15(12)9-19)4-10-5-13(16(20)21)7-14(6-10)17(22)23/h1-3,5-7H,4H2,(H,20,21)(H,22,23). The fourth-order valence-electron chi connectivity index (χ4n) is 2.23. The number of hydrogen-bond donors (Lipinski definition) is 2. The predicted molar refractivity (Wildman–Crippen MR) is 79.0 cm³/mol. The Morgan fingerprint density at radius 1 is 0.957 bits per heavy atom. The smallest absolute Gasteiger partial charge is 0.335 e. The minimum Gasteiger partial charge on any atom is -0.478 e. The molecule has 0 unspecified atom stereocenters. The van der Waals surface area contributed by atoms with Crippen LogP contribution in [0.15, 0.2) is 36.4 Å². The van der Waals surface area contributed by atoms with Crippen LogP contribution in [-0.2, 0) is 6.42 Å². The Hall–Kier alpha value is -3.64. The highest BCUT2D eigenvalue weighted by Crippen LogP contribution is 2.20. The van der Waals surface area contributed by atoms with E-state index in [-0.39, 0.29) is 28.7 Å². The van der Waals surface area contributed by atoms with E-state index >= 15 is 0 Å². The van der Waals surface area contributed by atoms with Gasteiger partial charge in [0.25, 0.3) is 0 Å². The Balaban J connectivity index is 2.53. The summed E-state index contributed by atoms with van der Waals surface area (Å²) in [5, 5.41) is 36.4. The first-order chi connectivity index (χ1) is 11.0. The van der Waals surface area contributed by atoms with Crippen molar-refractivity contribution in [3.8, 4) is 12.1 Å². The molecule has 23 heavy (non-hydrogen) atoms. The summed E-state index contributed by atoms with van der Waals surface area (Å²) in [7, 11) is 0. The first kappa shape index (κ1) is 15.7. The molecule has 2 rings (SSSR count). The average Bonchev–Trinajstić information content (AvgIpc) is 2.54. The highest BCUT2D eigenvalue weighted by atomic mass is 16.4. The number of rotatable bonds is 4. The molecule has 0 atom stereocenters. The summed E-state index contributed by atoms with van der Waals surface area (Å²) in [4.78, 5) is 22.2. The second kappa shape index (κ2) is 6.42. The first-order valence-corrected chi connectivity index (χ1v) is 6.49. The topological polar surface area (TPSA) is 122 Å². The van der Waals surface area contributed by atoms with Crippen LogP contribution < -0.4 is 0 Å². The molecule has 0 aliphatic carbocycles. The highest BCUT2D eigenvalue weighted by Gasteiger charge is 2.14. The van der Waals surface area contributed by atoms with Gasteiger partial charge in [-0.2, -0.15) is 10.5 Å². The molecule has 0 spiro atoms. The maximum Gasteiger partial charge on any atom is 0.335 e. The molecule has 0 aromatic heterocycles. The first-order valence-electron chi connectivity index (χ1n) is 6.49. The van der Waals surface area contributed by atoms with Gasteiger partial charge in [0.15, 0.2) is 0 Å². The molecule has 0 heterocycles. The lowest BCUT2D eigenvalue weighted by atomic mass is 9.95. The van der Waals surface area contributed by atoms with E-state index in [1.54, 1.807) is 12.1 Å². The molecule has 112 valence electrons. The molecular formula is C17H10N2O4. The van der Waals surface area contributed by atoms with E-state index in [1.165, 1.54) is 18.2 Å². The normalized spacial score (nSPS) is 9.65. The molecular weight excluding hydrogens is 296 g/mol. The summed E-state index contributed by atoms with van der Waals surface area (Å²) in [6.07, 6.45) is 0.153. The molecule has 0 aliphatic heterocycles. The number of carbonyl (C=O) groups is 2. The fraction of sp³-hybridized carbons (Fsp3) is 0.0588. The van der Waals surface area contributed by atoms with Gasteiger partial charge < -0.3 is 10.2 Å². The van der Waals surface area contributed by atoms with Crippen molar-refractivity contribution in [2.45, 2.75) is 6.42 Å². The third kappa shape index (κ3) is 3.34. The second-order valence-electron chi connectivity index (χ2n) is 4.77. The minimum absolute atomic E-state index is 0.144. The molecule has 2 aromatic rings. The van der Waals surface area contributed by atoms with Crippen LogP contribution in [0.4, 0.5) is 0 Å². The lowest BCUT2D eigenvalue weighted by molar-refractivity contribution is 0.0696. The lowest BCUT2D eigenvalue weighted by Crippen LogP contribution is -2.05. The zero-order chi connectivity index (χ0) is 17.0. The van der Waals surface area contributed by atoms with Crippen molar-refractivity contribution >= 4 is 11.9 Å². The van der Waals surface area contributed by atoms with Crippen molar-refractivity contribution in [3.63, 3.8) is 0 Å². The van der Waals surface area contributed by atoms with Crippen molar-refractivity contribution in [3.05, 3.63) is 69.8 Å². The largest absolute Gasteiger partial charge is 0.478 e. The van der Waals surface area contributed by atoms with E-state index in [9.17, 15) is 14.9 Å². The van der Waals surface area contributed by atoms with Crippen molar-refractivity contribution in [2.75, 3.05) is 0 Å². The molecule has 6 nitrogen and oxygen atoms in total. The van der Waals surface area contributed by atoms with Gasteiger partial charge in [0.2, 0.25) is 0 Å². The summed E-state index contributed by atoms with van der Waals surface area (Å²) in [5.74, 6) is -2.47. The van der Waals surface area contributed by atoms with Crippen LogP contribution >= 0.6 is 0 Å². The monoisotopic (exact) mass is 306 g/mol. The third-order valence-corrected chi connectivity index (χ3v) is 3.26. The number of carboxylic acid groups (broad SMARTS) is 2. The number of carboxylic acids is 2. The van der Waals surface area contributed by atoms with Crippen LogP contribution in [0.25, 0.3) is 0 Å². The number of nitrogens with zero attached hydrogens (tertiary/aromatic N) is 2. The van der Waals surface area contributed by atoms with Gasteiger partial charge in [0.05, 0.1) is 22.3 Å². The summed E-state index contributed by atoms with van der Waals surface area (Å²) in [5.41, 5.74) is 1.11. The SMILES string of the molecule is N#Cc1cccc(Cc2cc(C(=O)O)cc(C(=O)O)c2)c1C#N. The summed E-state index contributed by atoms with van der Waals surface area (Å²) in [6.45, 7) is 0. The minimum atomic E-state index is -1.24. The average molecular weight is 306 g/mol. The van der Waals surface area contributed by atoms with Gasteiger partial charge in [-0.05, 0) is 41.8 Å². The van der Waals surface area contributed by atoms with Gasteiger partial charge >= 0.3 is 11.9 Å². The Kier molecular flexibility index (Phi) is 4.39. The number of benzene rings is 2. The van der Waals surface area contributed by atoms with Gasteiger partial charge in [-0.3, -0.25) is 0 Å².